The molecule has 0 saturated carbocycles. The predicted octanol–water partition coefficient (Wildman–Crippen LogP) is 4.29. The van der Waals surface area contributed by atoms with Gasteiger partial charge in [0.05, 0.1) is 23.1 Å². The van der Waals surface area contributed by atoms with E-state index >= 15 is 0 Å². The molecule has 0 aliphatic carbocycles. The number of furan rings is 1. The molecule has 26 heavy (non-hydrogen) atoms. The number of nitrogens with one attached hydrogen (secondary N) is 3. The molecule has 0 bridgehead atoms. The Morgan fingerprint density at radius 3 is 2.58 bits per heavy atom. The van der Waals surface area contributed by atoms with Gasteiger partial charge in [-0.25, -0.2) is 4.39 Å². The van der Waals surface area contributed by atoms with E-state index in [2.05, 4.69) is 15.6 Å². The number of benzene rings is 1. The van der Waals surface area contributed by atoms with Crippen LogP contribution in [0.1, 0.15) is 26.5 Å². The second-order valence-corrected chi connectivity index (χ2v) is 5.81. The van der Waals surface area contributed by atoms with Gasteiger partial charge in [-0.3, -0.25) is 9.59 Å². The van der Waals surface area contributed by atoms with Crippen LogP contribution in [0.2, 0.25) is 0 Å². The Morgan fingerprint density at radius 2 is 1.88 bits per heavy atom. The lowest BCUT2D eigenvalue weighted by Gasteiger charge is -2.10. The number of aromatic nitrogens is 1. The van der Waals surface area contributed by atoms with Crippen molar-refractivity contribution < 1.29 is 18.4 Å². The average molecular weight is 371 g/mol. The fraction of sp³-hybridized carbons (Fsp3) is 0.0556. The number of aromatic amines is 1. The highest BCUT2D eigenvalue weighted by Gasteiger charge is 2.15. The van der Waals surface area contributed by atoms with E-state index in [1.54, 1.807) is 25.3 Å². The topological polar surface area (TPSA) is 87.1 Å². The monoisotopic (exact) mass is 371 g/mol. The number of amides is 2. The number of aryl methyl sites for hydroxylation is 1. The Balaban J connectivity index is 1.81. The molecule has 3 rings (SSSR count). The van der Waals surface area contributed by atoms with Gasteiger partial charge in [-0.1, -0.05) is 12.2 Å². The number of carbonyl (C=O) groups is 2. The molecule has 6 nitrogen and oxygen atoms in total. The molecule has 8 heteroatoms. The van der Waals surface area contributed by atoms with Crippen LogP contribution in [0.4, 0.5) is 15.8 Å². The minimum atomic E-state index is -0.630. The van der Waals surface area contributed by atoms with E-state index in [-0.39, 0.29) is 15.9 Å². The number of hydrogen-bond donors (Lipinski definition) is 3. The largest absolute Gasteiger partial charge is 0.469 e. The zero-order valence-corrected chi connectivity index (χ0v) is 14.4. The van der Waals surface area contributed by atoms with Crippen LogP contribution < -0.4 is 10.6 Å². The summed E-state index contributed by atoms with van der Waals surface area (Å²) in [6.45, 7) is 1.63. The third-order valence-corrected chi connectivity index (χ3v) is 3.98. The molecule has 0 spiro atoms. The van der Waals surface area contributed by atoms with E-state index < -0.39 is 17.6 Å². The fourth-order valence-corrected chi connectivity index (χ4v) is 2.54. The minimum absolute atomic E-state index is 0.0633. The molecular formula is C18H14FN3O3S. The Morgan fingerprint density at radius 1 is 1.12 bits per heavy atom. The minimum Gasteiger partial charge on any atom is -0.469 e. The van der Waals surface area contributed by atoms with E-state index in [1.807, 2.05) is 0 Å². The number of carbonyl (C=O) groups excluding carboxylic acids is 2. The first-order valence-corrected chi connectivity index (χ1v) is 8.00. The highest BCUT2D eigenvalue weighted by atomic mass is 32.1. The SMILES string of the molecule is Cc1occc1C(=O)Nc1cc(NC(=O)c2ccc[nH]c2=S)ccc1F. The van der Waals surface area contributed by atoms with Crippen molar-refractivity contribution in [1.82, 2.24) is 4.98 Å². The molecule has 132 valence electrons. The van der Waals surface area contributed by atoms with Gasteiger partial charge in [-0.2, -0.15) is 0 Å². The highest BCUT2D eigenvalue weighted by Crippen LogP contribution is 2.22. The number of halogens is 1. The predicted molar refractivity (Wildman–Crippen MR) is 97.4 cm³/mol. The van der Waals surface area contributed by atoms with Gasteiger partial charge in [0.15, 0.2) is 0 Å². The first kappa shape index (κ1) is 17.6. The summed E-state index contributed by atoms with van der Waals surface area (Å²) >= 11 is 5.06. The fourth-order valence-electron chi connectivity index (χ4n) is 2.31. The average Bonchev–Trinajstić information content (AvgIpc) is 3.04. The van der Waals surface area contributed by atoms with Crippen molar-refractivity contribution in [3.8, 4) is 0 Å². The molecule has 2 aromatic heterocycles. The number of H-pyrrole nitrogens is 1. The lowest BCUT2D eigenvalue weighted by molar-refractivity contribution is 0.101. The van der Waals surface area contributed by atoms with Gasteiger partial charge >= 0.3 is 0 Å². The first-order valence-electron chi connectivity index (χ1n) is 7.60. The molecule has 0 radical (unpaired) electrons. The van der Waals surface area contributed by atoms with Gasteiger partial charge in [0.25, 0.3) is 11.8 Å². The van der Waals surface area contributed by atoms with Crippen molar-refractivity contribution in [3.63, 3.8) is 0 Å². The van der Waals surface area contributed by atoms with Gasteiger partial charge in [0.1, 0.15) is 16.2 Å². The molecule has 0 fully saturated rings. The van der Waals surface area contributed by atoms with Crippen LogP contribution >= 0.6 is 12.2 Å². The zero-order chi connectivity index (χ0) is 18.7. The summed E-state index contributed by atoms with van der Waals surface area (Å²) in [7, 11) is 0. The molecule has 3 N–H and O–H groups in total. The Labute approximate surface area is 153 Å². The molecule has 3 aromatic rings. The lowest BCUT2D eigenvalue weighted by atomic mass is 10.2. The van der Waals surface area contributed by atoms with Crippen LogP contribution in [0.3, 0.4) is 0 Å². The molecule has 1 aromatic carbocycles. The standard InChI is InChI=1S/C18H14FN3O3S/c1-10-12(6-8-25-10)16(23)22-15-9-11(4-5-14(15)19)21-17(24)13-3-2-7-20-18(13)26/h2-9H,1H3,(H,20,26)(H,21,24)(H,22,23). The van der Waals surface area contributed by atoms with Crippen LogP contribution in [0, 0.1) is 17.4 Å². The van der Waals surface area contributed by atoms with Gasteiger partial charge < -0.3 is 20.0 Å². The number of pyridine rings is 1. The smallest absolute Gasteiger partial charge is 0.259 e. The molecule has 0 atom stereocenters. The molecule has 0 saturated heterocycles. The summed E-state index contributed by atoms with van der Waals surface area (Å²) < 4.78 is 19.4. The van der Waals surface area contributed by atoms with E-state index in [4.69, 9.17) is 16.6 Å². The van der Waals surface area contributed by atoms with Crippen LogP contribution in [-0.4, -0.2) is 16.8 Å². The van der Waals surface area contributed by atoms with E-state index in [0.29, 0.717) is 17.0 Å². The summed E-state index contributed by atoms with van der Waals surface area (Å²) in [6, 6.07) is 8.58. The third kappa shape index (κ3) is 3.70. The van der Waals surface area contributed by atoms with Crippen molar-refractivity contribution >= 4 is 35.4 Å². The maximum absolute atomic E-state index is 14.0. The first-order chi connectivity index (χ1) is 12.5. The van der Waals surface area contributed by atoms with Crippen molar-refractivity contribution in [1.29, 1.82) is 0 Å². The quantitative estimate of drug-likeness (QED) is 0.597. The second-order valence-electron chi connectivity index (χ2n) is 5.41. The highest BCUT2D eigenvalue weighted by molar-refractivity contribution is 7.71. The number of anilines is 2. The van der Waals surface area contributed by atoms with Gasteiger partial charge in [0.2, 0.25) is 0 Å². The molecule has 0 aliphatic rings. The van der Waals surface area contributed by atoms with E-state index in [0.717, 1.165) is 6.07 Å². The van der Waals surface area contributed by atoms with E-state index in [9.17, 15) is 14.0 Å². The van der Waals surface area contributed by atoms with Crippen LogP contribution in [0.25, 0.3) is 0 Å². The molecular weight excluding hydrogens is 357 g/mol. The van der Waals surface area contributed by atoms with Crippen molar-refractivity contribution in [3.05, 3.63) is 76.2 Å². The summed E-state index contributed by atoms with van der Waals surface area (Å²) in [5.41, 5.74) is 0.835. The molecule has 2 amide bonds. The summed E-state index contributed by atoms with van der Waals surface area (Å²) in [4.78, 5) is 27.3. The van der Waals surface area contributed by atoms with Gasteiger partial charge in [-0.15, -0.1) is 0 Å². The van der Waals surface area contributed by atoms with Crippen LogP contribution in [0.15, 0.2) is 53.3 Å². The second kappa shape index (κ2) is 7.32. The van der Waals surface area contributed by atoms with Crippen molar-refractivity contribution in [2.45, 2.75) is 6.92 Å². The van der Waals surface area contributed by atoms with Gasteiger partial charge in [0, 0.05) is 11.9 Å². The van der Waals surface area contributed by atoms with E-state index in [1.165, 1.54) is 24.5 Å². The summed E-state index contributed by atoms with van der Waals surface area (Å²) in [5.74, 6) is -1.16. The Hall–Kier alpha value is -3.26. The molecule has 2 heterocycles. The normalized spacial score (nSPS) is 10.4. The third-order valence-electron chi connectivity index (χ3n) is 3.64. The Kier molecular flexibility index (Phi) is 4.94. The Bertz CT molecular complexity index is 1040. The lowest BCUT2D eigenvalue weighted by Crippen LogP contribution is -2.15. The summed E-state index contributed by atoms with van der Waals surface area (Å²) in [6.07, 6.45) is 2.99. The van der Waals surface area contributed by atoms with Crippen LogP contribution in [0.5, 0.6) is 0 Å². The van der Waals surface area contributed by atoms with Crippen LogP contribution in [-0.2, 0) is 0 Å². The van der Waals surface area contributed by atoms with Crippen molar-refractivity contribution in [2.75, 3.05) is 10.6 Å². The molecule has 0 unspecified atom stereocenters. The van der Waals surface area contributed by atoms with Gasteiger partial charge in [-0.05, 0) is 43.3 Å². The maximum atomic E-state index is 14.0. The maximum Gasteiger partial charge on any atom is 0.259 e. The summed E-state index contributed by atoms with van der Waals surface area (Å²) in [5, 5.41) is 5.09. The number of hydrogen-bond acceptors (Lipinski definition) is 4. The zero-order valence-electron chi connectivity index (χ0n) is 13.6. The number of rotatable bonds is 4. The molecule has 0 aliphatic heterocycles. The van der Waals surface area contributed by atoms with Crippen molar-refractivity contribution in [2.24, 2.45) is 0 Å².